The van der Waals surface area contributed by atoms with Gasteiger partial charge in [0.15, 0.2) is 5.78 Å². The second kappa shape index (κ2) is 15.2. The zero-order valence-electron chi connectivity index (χ0n) is 29.2. The van der Waals surface area contributed by atoms with E-state index in [-0.39, 0.29) is 70.8 Å². The molecule has 0 saturated carbocycles. The number of fused-ring (bicyclic) bond motifs is 4. The van der Waals surface area contributed by atoms with Gasteiger partial charge in [-0.2, -0.15) is 35.1 Å². The van der Waals surface area contributed by atoms with Crippen molar-refractivity contribution in [1.82, 2.24) is 4.98 Å². The average molecular weight is 919 g/mol. The topological polar surface area (TPSA) is 50.2 Å². The molecule has 0 bridgehead atoms. The number of thiophene rings is 1. The van der Waals surface area contributed by atoms with Gasteiger partial charge in [-0.1, -0.05) is 77.6 Å². The van der Waals surface area contributed by atoms with Gasteiger partial charge in [0.2, 0.25) is 0 Å². The molecule has 1 radical (unpaired) electrons. The van der Waals surface area contributed by atoms with Crippen LogP contribution in [0.15, 0.2) is 54.4 Å². The summed E-state index contributed by atoms with van der Waals surface area (Å²) in [5.74, 6) is -23.1. The van der Waals surface area contributed by atoms with Crippen molar-refractivity contribution in [2.45, 2.75) is 103 Å². The maximum Gasteiger partial charge on any atom is 0.383 e. The fourth-order valence-corrected chi connectivity index (χ4v) is 7.54. The van der Waals surface area contributed by atoms with Crippen molar-refractivity contribution in [3.8, 4) is 11.3 Å². The van der Waals surface area contributed by atoms with Crippen LogP contribution in [0.5, 0.6) is 0 Å². The number of alkyl halides is 8. The fraction of sp³-hybridized carbons (Fsp3) is 0.474. The van der Waals surface area contributed by atoms with Crippen molar-refractivity contribution in [1.29, 1.82) is 0 Å². The molecule has 0 fully saturated rings. The molecule has 0 atom stereocenters. The number of aliphatic hydroxyl groups is 1. The number of aromatic nitrogens is 1. The number of hydrogen-bond acceptors (Lipinski definition) is 4. The molecule has 281 valence electrons. The second-order valence-electron chi connectivity index (χ2n) is 13.5. The molecule has 13 heteroatoms. The normalized spacial score (nSPS) is 17.5. The molecule has 0 aliphatic heterocycles. The third kappa shape index (κ3) is 7.23. The molecule has 1 aliphatic carbocycles. The number of hydrogen-bond donors (Lipinski definition) is 1. The quantitative estimate of drug-likeness (QED) is 0.0829. The van der Waals surface area contributed by atoms with E-state index in [4.69, 9.17) is 0 Å². The minimum Gasteiger partial charge on any atom is -0.512 e. The van der Waals surface area contributed by atoms with Gasteiger partial charge in [-0.05, 0) is 42.6 Å². The number of ketones is 1. The third-order valence-electron chi connectivity index (χ3n) is 9.31. The van der Waals surface area contributed by atoms with Crippen LogP contribution in [0, 0.1) is 17.9 Å². The fourth-order valence-electron chi connectivity index (χ4n) is 6.20. The van der Waals surface area contributed by atoms with E-state index in [2.05, 4.69) is 11.1 Å². The van der Waals surface area contributed by atoms with Crippen LogP contribution in [-0.2, 0) is 42.2 Å². The predicted molar refractivity (Wildman–Crippen MR) is 182 cm³/mol. The van der Waals surface area contributed by atoms with Gasteiger partial charge in [0.25, 0.3) is 0 Å². The van der Waals surface area contributed by atoms with Gasteiger partial charge in [-0.25, -0.2) is 0 Å². The Morgan fingerprint density at radius 2 is 1.41 bits per heavy atom. The first-order chi connectivity index (χ1) is 23.1. The molecular weight excluding hydrogens is 879 g/mol. The Bertz CT molecular complexity index is 1910. The monoisotopic (exact) mass is 919 g/mol. The summed E-state index contributed by atoms with van der Waals surface area (Å²) in [6.45, 7) is 13.9. The number of halogens is 8. The number of benzene rings is 2. The Morgan fingerprint density at radius 1 is 0.863 bits per heavy atom. The molecule has 2 aromatic heterocycles. The zero-order valence-corrected chi connectivity index (χ0v) is 32.4. The molecule has 4 aromatic rings. The number of allylic oxidation sites excluding steroid dienone is 2. The molecule has 0 amide bonds. The van der Waals surface area contributed by atoms with Gasteiger partial charge in [0, 0.05) is 54.6 Å². The van der Waals surface area contributed by atoms with E-state index in [9.17, 15) is 45.0 Å². The van der Waals surface area contributed by atoms with Crippen LogP contribution in [0.2, 0.25) is 0 Å². The maximum absolute atomic E-state index is 14.8. The Labute approximate surface area is 309 Å². The predicted octanol–water partition coefficient (Wildman–Crippen LogP) is 12.5. The molecule has 0 unspecified atom stereocenters. The minimum absolute atomic E-state index is 0. The minimum atomic E-state index is -6.30. The van der Waals surface area contributed by atoms with E-state index in [1.807, 2.05) is 60.6 Å². The van der Waals surface area contributed by atoms with E-state index in [0.29, 0.717) is 5.39 Å². The molecule has 2 heterocycles. The van der Waals surface area contributed by atoms with Gasteiger partial charge in [-0.3, -0.25) is 9.78 Å². The summed E-state index contributed by atoms with van der Waals surface area (Å²) in [5.41, 5.74) is -1.23. The van der Waals surface area contributed by atoms with E-state index in [1.54, 1.807) is 18.2 Å². The van der Waals surface area contributed by atoms with Crippen LogP contribution >= 0.6 is 11.3 Å². The van der Waals surface area contributed by atoms with Crippen LogP contribution in [0.4, 0.5) is 35.1 Å². The van der Waals surface area contributed by atoms with E-state index >= 15 is 0 Å². The van der Waals surface area contributed by atoms with E-state index in [0.717, 1.165) is 48.9 Å². The van der Waals surface area contributed by atoms with Crippen LogP contribution in [0.3, 0.4) is 0 Å². The second-order valence-corrected chi connectivity index (χ2v) is 14.6. The summed E-state index contributed by atoms with van der Waals surface area (Å²) < 4.78 is 115. The maximum atomic E-state index is 14.8. The first-order valence-electron chi connectivity index (χ1n) is 16.5. The number of aliphatic hydroxyl groups excluding tert-OH is 1. The Hall–Kier alpha value is -2.89. The van der Waals surface area contributed by atoms with Crippen molar-refractivity contribution in [2.75, 3.05) is 0 Å². The van der Waals surface area contributed by atoms with Crippen molar-refractivity contribution < 1.29 is 65.1 Å². The molecule has 51 heavy (non-hydrogen) atoms. The zero-order chi connectivity index (χ0) is 37.6. The van der Waals surface area contributed by atoms with Crippen LogP contribution in [0.1, 0.15) is 90.2 Å². The van der Waals surface area contributed by atoms with Crippen molar-refractivity contribution in [2.24, 2.45) is 11.8 Å². The Morgan fingerprint density at radius 3 is 1.96 bits per heavy atom. The molecule has 1 N–H and O–H groups in total. The molecule has 3 nitrogen and oxygen atoms in total. The Balaban J connectivity index is 0.000000374. The average Bonchev–Trinajstić information content (AvgIpc) is 3.46. The van der Waals surface area contributed by atoms with Gasteiger partial charge >= 0.3 is 23.7 Å². The SMILES string of the molecule is CC(C)(C)c1cc(-c2nccc3c4c(sc23)C(F)(F)C(F)(F)C(F)(F)C4(F)F)[c-]c2ccccc12.CCC(CC)C(=O)/C=C(\O)C(CC)CC.[Ir]. The van der Waals surface area contributed by atoms with E-state index in [1.165, 1.54) is 6.08 Å². The van der Waals surface area contributed by atoms with Crippen molar-refractivity contribution >= 4 is 38.0 Å². The van der Waals surface area contributed by atoms with Gasteiger partial charge in [-0.15, -0.1) is 40.5 Å². The number of pyridine rings is 1. The number of rotatable bonds is 8. The standard InChI is InChI=1S/C25H16F8NS.C13H24O2.Ir/c1-21(2,3)16-11-13(10-12-6-4-5-7-14(12)16)18-19-15(8-9-34-18)17-20(35-19)23(28,29)25(32,33)24(30,31)22(17,26)27;1-5-10(6-2)12(14)9-13(15)11(7-3)8-4;/h4-9,11H,1-3H3;9-11,14H,5-8H2,1-4H3;/q-1;;/b;12-9-;. The first-order valence-corrected chi connectivity index (χ1v) is 17.3. The summed E-state index contributed by atoms with van der Waals surface area (Å²) in [4.78, 5) is 14.1. The van der Waals surface area contributed by atoms with Gasteiger partial charge in [0.05, 0.1) is 16.2 Å². The first kappa shape index (κ1) is 42.5. The number of carbonyl (C=O) groups is 1. The van der Waals surface area contributed by atoms with Crippen molar-refractivity contribution in [3.63, 3.8) is 0 Å². The van der Waals surface area contributed by atoms with Crippen LogP contribution in [0.25, 0.3) is 32.1 Å². The molecule has 5 rings (SSSR count). The molecular formula is C38H40F8IrNO2S-. The van der Waals surface area contributed by atoms with Crippen LogP contribution < -0.4 is 0 Å². The smallest absolute Gasteiger partial charge is 0.383 e. The summed E-state index contributed by atoms with van der Waals surface area (Å²) in [6.07, 6.45) is 5.91. The molecule has 0 saturated heterocycles. The van der Waals surface area contributed by atoms with Crippen LogP contribution in [-0.4, -0.2) is 27.7 Å². The van der Waals surface area contributed by atoms with Crippen molar-refractivity contribution in [3.05, 3.63) is 76.5 Å². The summed E-state index contributed by atoms with van der Waals surface area (Å²) in [6, 6.07) is 12.8. The summed E-state index contributed by atoms with van der Waals surface area (Å²) in [5, 5.41) is 10.6. The van der Waals surface area contributed by atoms with E-state index < -0.39 is 44.9 Å². The summed E-state index contributed by atoms with van der Waals surface area (Å²) >= 11 is -0.0736. The molecule has 2 aromatic carbocycles. The largest absolute Gasteiger partial charge is 0.512 e. The Kier molecular flexibility index (Phi) is 12.7. The number of nitrogens with zero attached hydrogens (tertiary/aromatic N) is 1. The molecule has 0 spiro atoms. The van der Waals surface area contributed by atoms with Gasteiger partial charge in [0.1, 0.15) is 0 Å². The summed E-state index contributed by atoms with van der Waals surface area (Å²) in [7, 11) is 0. The molecule has 1 aliphatic rings. The number of carbonyl (C=O) groups excluding carboxylic acids is 1. The third-order valence-corrected chi connectivity index (χ3v) is 10.6. The van der Waals surface area contributed by atoms with Gasteiger partial charge < -0.3 is 5.11 Å².